The first-order valence-corrected chi connectivity index (χ1v) is 19.3. The maximum Gasteiger partial charge on any atom is 0.343 e. The molecule has 0 aliphatic rings. The minimum absolute atomic E-state index is 0.0314. The summed E-state index contributed by atoms with van der Waals surface area (Å²) in [7, 11) is 0. The number of hydrogen-bond acceptors (Lipinski definition) is 14. The van der Waals surface area contributed by atoms with Crippen LogP contribution < -0.4 is 19.1 Å². The molecule has 0 heterocycles. The van der Waals surface area contributed by atoms with Crippen molar-refractivity contribution in [3.05, 3.63) is 144 Å². The molecule has 0 aliphatic heterocycles. The molecule has 0 fully saturated rings. The predicted molar refractivity (Wildman–Crippen MR) is 224 cm³/mol. The van der Waals surface area contributed by atoms with Gasteiger partial charge in [0.15, 0.2) is 5.75 Å². The largest absolute Gasteiger partial charge is 0.494 e. The molecule has 0 unspecified atom stereocenters. The molecule has 4 aromatic carbocycles. The van der Waals surface area contributed by atoms with Gasteiger partial charge in [0.2, 0.25) is 0 Å². The minimum Gasteiger partial charge on any atom is -0.494 e. The van der Waals surface area contributed by atoms with Crippen molar-refractivity contribution in [1.82, 2.24) is 0 Å². The number of nitrogens with zero attached hydrogens (tertiary/aromatic N) is 2. The summed E-state index contributed by atoms with van der Waals surface area (Å²) in [4.78, 5) is 59.2. The van der Waals surface area contributed by atoms with E-state index in [9.17, 15) is 19.2 Å². The molecule has 0 atom stereocenters. The highest BCUT2D eigenvalue weighted by molar-refractivity contribution is 5.95. The van der Waals surface area contributed by atoms with Crippen molar-refractivity contribution < 1.29 is 57.4 Å². The molecular weight excluding hydrogens is 773 g/mol. The molecule has 14 heteroatoms. The maximum absolute atomic E-state index is 13.0. The Balaban J connectivity index is 1.26. The number of benzene rings is 4. The number of unbranched alkanes of at least 4 members (excludes halogenated alkanes) is 3. The fourth-order valence-electron chi connectivity index (χ4n) is 5.00. The summed E-state index contributed by atoms with van der Waals surface area (Å²) in [6, 6.07) is 24.8. The lowest BCUT2D eigenvalue weighted by Crippen LogP contribution is -2.13. The smallest absolute Gasteiger partial charge is 0.343 e. The molecule has 0 N–H and O–H groups in total. The van der Waals surface area contributed by atoms with Gasteiger partial charge in [-0.2, -0.15) is 15.1 Å². The Bertz CT molecular complexity index is 2060. The van der Waals surface area contributed by atoms with Gasteiger partial charge in [0.25, 0.3) is 0 Å². The van der Waals surface area contributed by atoms with Crippen LogP contribution >= 0.6 is 0 Å². The summed E-state index contributed by atoms with van der Waals surface area (Å²) in [5.74, 6) is -0.660. The standard InChI is InChI=1S/C46H48N2O12/c1-4-25-53-28-29-56-46(52)41-30-36(15-24-42(41)60-57-33-35-13-20-39(21-14-35)58-44(50)6-3)32-48-47-31-34-11-18-40(19-12-34)59-45(51)37-16-22-38(23-17-37)54-26-9-7-8-10-27-55-43(49)5-2/h5-6,11-24,30-32H,2-4,7-10,25-29,33H2,1H3/b47-31+,48-32+. The van der Waals surface area contributed by atoms with Crippen LogP contribution in [-0.2, 0) is 35.3 Å². The van der Waals surface area contributed by atoms with Gasteiger partial charge < -0.3 is 33.3 Å². The van der Waals surface area contributed by atoms with Crippen molar-refractivity contribution >= 4 is 36.3 Å². The van der Waals surface area contributed by atoms with Gasteiger partial charge in [-0.1, -0.05) is 32.2 Å². The highest BCUT2D eigenvalue weighted by Crippen LogP contribution is 2.23. The van der Waals surface area contributed by atoms with E-state index in [-0.39, 0.29) is 31.1 Å². The molecule has 60 heavy (non-hydrogen) atoms. The molecule has 4 aromatic rings. The first-order chi connectivity index (χ1) is 29.3. The van der Waals surface area contributed by atoms with E-state index >= 15 is 0 Å². The van der Waals surface area contributed by atoms with Crippen LogP contribution in [0.1, 0.15) is 76.4 Å². The molecule has 314 valence electrons. The molecule has 0 saturated carbocycles. The second-order valence-corrected chi connectivity index (χ2v) is 12.7. The SMILES string of the molecule is C=CC(=O)OCCCCCCOc1ccc(C(=O)Oc2ccc(/C=N/N=C/c3ccc(OOCc4ccc(OC(=O)C=C)cc4)c(C(=O)OCCOCCC)c3)cc2)cc1. The summed E-state index contributed by atoms with van der Waals surface area (Å²) in [5.41, 5.74) is 2.44. The highest BCUT2D eigenvalue weighted by atomic mass is 17.2. The van der Waals surface area contributed by atoms with Crippen LogP contribution in [0, 0.1) is 0 Å². The third-order valence-electron chi connectivity index (χ3n) is 8.09. The summed E-state index contributed by atoms with van der Waals surface area (Å²) in [6.45, 7) is 10.5. The van der Waals surface area contributed by atoms with Crippen LogP contribution in [0.15, 0.2) is 127 Å². The quantitative estimate of drug-likeness (QED) is 0.0113. The Morgan fingerprint density at radius 3 is 1.93 bits per heavy atom. The van der Waals surface area contributed by atoms with Crippen LogP contribution in [0.25, 0.3) is 0 Å². The first-order valence-electron chi connectivity index (χ1n) is 19.3. The van der Waals surface area contributed by atoms with Crippen molar-refractivity contribution in [2.45, 2.75) is 45.6 Å². The Labute approximate surface area is 348 Å². The second kappa shape index (κ2) is 26.2. The zero-order chi connectivity index (χ0) is 42.8. The molecular formula is C46H48N2O12. The third-order valence-corrected chi connectivity index (χ3v) is 8.09. The molecule has 14 nitrogen and oxygen atoms in total. The van der Waals surface area contributed by atoms with E-state index in [0.717, 1.165) is 49.8 Å². The van der Waals surface area contributed by atoms with E-state index < -0.39 is 23.9 Å². The van der Waals surface area contributed by atoms with E-state index in [0.29, 0.717) is 53.8 Å². The Morgan fingerprint density at radius 1 is 0.600 bits per heavy atom. The topological polar surface area (TPSA) is 167 Å². The van der Waals surface area contributed by atoms with Gasteiger partial charge in [-0.05, 0) is 128 Å². The zero-order valence-electron chi connectivity index (χ0n) is 33.5. The number of hydrogen-bond donors (Lipinski definition) is 0. The molecule has 0 radical (unpaired) electrons. The number of esters is 4. The van der Waals surface area contributed by atoms with E-state index in [1.165, 1.54) is 18.5 Å². The van der Waals surface area contributed by atoms with Crippen LogP contribution in [0.2, 0.25) is 0 Å². The number of rotatable bonds is 26. The van der Waals surface area contributed by atoms with Crippen molar-refractivity contribution in [3.8, 4) is 23.0 Å². The molecule has 0 spiro atoms. The van der Waals surface area contributed by atoms with Crippen molar-refractivity contribution in [1.29, 1.82) is 0 Å². The summed E-state index contributed by atoms with van der Waals surface area (Å²) in [5, 5.41) is 8.21. The lowest BCUT2D eigenvalue weighted by atomic mass is 10.1. The van der Waals surface area contributed by atoms with Gasteiger partial charge in [-0.25, -0.2) is 19.2 Å². The molecule has 0 aliphatic carbocycles. The lowest BCUT2D eigenvalue weighted by molar-refractivity contribution is -0.217. The Morgan fingerprint density at radius 2 is 1.23 bits per heavy atom. The average molecular weight is 821 g/mol. The van der Waals surface area contributed by atoms with Gasteiger partial charge in [-0.15, -0.1) is 0 Å². The van der Waals surface area contributed by atoms with Crippen LogP contribution in [0.4, 0.5) is 0 Å². The minimum atomic E-state index is -0.644. The summed E-state index contributed by atoms with van der Waals surface area (Å²) < 4.78 is 32.1. The third kappa shape index (κ3) is 16.9. The maximum atomic E-state index is 13.0. The van der Waals surface area contributed by atoms with Crippen LogP contribution in [-0.4, -0.2) is 69.3 Å². The molecule has 0 bridgehead atoms. The van der Waals surface area contributed by atoms with E-state index in [1.54, 1.807) is 84.9 Å². The average Bonchev–Trinajstić information content (AvgIpc) is 3.27. The van der Waals surface area contributed by atoms with Gasteiger partial charge in [-0.3, -0.25) is 0 Å². The lowest BCUT2D eigenvalue weighted by Gasteiger charge is -2.11. The van der Waals surface area contributed by atoms with E-state index in [2.05, 4.69) is 23.4 Å². The number of carbonyl (C=O) groups excluding carboxylic acids is 4. The monoisotopic (exact) mass is 820 g/mol. The van der Waals surface area contributed by atoms with Crippen LogP contribution in [0.5, 0.6) is 23.0 Å². The zero-order valence-corrected chi connectivity index (χ0v) is 33.5. The number of ether oxygens (including phenoxy) is 6. The summed E-state index contributed by atoms with van der Waals surface area (Å²) >= 11 is 0. The molecule has 0 amide bonds. The van der Waals surface area contributed by atoms with Gasteiger partial charge in [0.05, 0.1) is 37.8 Å². The highest BCUT2D eigenvalue weighted by Gasteiger charge is 2.17. The van der Waals surface area contributed by atoms with Crippen molar-refractivity contribution in [3.63, 3.8) is 0 Å². The molecule has 0 aromatic heterocycles. The molecule has 0 saturated heterocycles. The Kier molecular flexibility index (Phi) is 20.0. The Hall–Kier alpha value is -6.90. The van der Waals surface area contributed by atoms with Crippen LogP contribution in [0.3, 0.4) is 0 Å². The predicted octanol–water partition coefficient (Wildman–Crippen LogP) is 8.21. The fourth-order valence-corrected chi connectivity index (χ4v) is 5.00. The van der Waals surface area contributed by atoms with E-state index in [4.69, 9.17) is 38.2 Å². The van der Waals surface area contributed by atoms with Crippen molar-refractivity contribution in [2.24, 2.45) is 10.2 Å². The molecule has 4 rings (SSSR count). The van der Waals surface area contributed by atoms with Crippen molar-refractivity contribution in [2.75, 3.05) is 33.0 Å². The normalized spacial score (nSPS) is 10.9. The van der Waals surface area contributed by atoms with Gasteiger partial charge in [0.1, 0.15) is 36.0 Å². The second-order valence-electron chi connectivity index (χ2n) is 12.7. The summed E-state index contributed by atoms with van der Waals surface area (Å²) in [6.07, 6.45) is 9.54. The van der Waals surface area contributed by atoms with E-state index in [1.807, 2.05) is 6.92 Å². The van der Waals surface area contributed by atoms with Gasteiger partial charge in [0, 0.05) is 18.8 Å². The fraction of sp³-hybridized carbons (Fsp3) is 0.261. The first kappa shape index (κ1) is 45.8. The van der Waals surface area contributed by atoms with Gasteiger partial charge >= 0.3 is 23.9 Å². The number of carbonyl (C=O) groups is 4.